The molecule has 0 saturated heterocycles. The van der Waals surface area contributed by atoms with Crippen molar-refractivity contribution in [2.75, 3.05) is 6.54 Å². The van der Waals surface area contributed by atoms with Crippen LogP contribution in [0, 0.1) is 0 Å². The van der Waals surface area contributed by atoms with E-state index in [2.05, 4.69) is 15.9 Å². The van der Waals surface area contributed by atoms with E-state index in [1.54, 1.807) is 25.3 Å². The summed E-state index contributed by atoms with van der Waals surface area (Å²) in [4.78, 5) is 24.5. The minimum atomic E-state index is -0.833. The number of ether oxygens (including phenoxy) is 1. The summed E-state index contributed by atoms with van der Waals surface area (Å²) in [7, 11) is 0. The fraction of sp³-hybridized carbons (Fsp3) is 0.300. The molecule has 2 heterocycles. The zero-order valence-electron chi connectivity index (χ0n) is 15.4. The summed E-state index contributed by atoms with van der Waals surface area (Å²) >= 11 is 3.46. The van der Waals surface area contributed by atoms with Crippen LogP contribution in [0.15, 0.2) is 57.4 Å². The lowest BCUT2D eigenvalue weighted by molar-refractivity contribution is -0.163. The van der Waals surface area contributed by atoms with Crippen LogP contribution < -0.4 is 10.3 Å². The minimum absolute atomic E-state index is 0.0672. The van der Waals surface area contributed by atoms with Gasteiger partial charge in [-0.2, -0.15) is 0 Å². The average molecular weight is 433 g/mol. The number of fused-ring (bicyclic) bond motifs is 1. The first kappa shape index (κ1) is 19.4. The minimum Gasteiger partial charge on any atom is -0.483 e. The van der Waals surface area contributed by atoms with Crippen LogP contribution in [0.1, 0.15) is 32.8 Å². The van der Waals surface area contributed by atoms with Crippen molar-refractivity contribution in [1.29, 1.82) is 0 Å². The van der Waals surface area contributed by atoms with Crippen molar-refractivity contribution in [2.45, 2.75) is 32.8 Å². The number of benzene rings is 1. The Bertz CT molecular complexity index is 978. The molecule has 0 radical (unpaired) electrons. The summed E-state index contributed by atoms with van der Waals surface area (Å²) in [5.41, 5.74) is 0.909. The van der Waals surface area contributed by atoms with Gasteiger partial charge < -0.3 is 4.74 Å². The van der Waals surface area contributed by atoms with E-state index in [1.807, 2.05) is 32.0 Å². The van der Waals surface area contributed by atoms with Gasteiger partial charge >= 0.3 is 0 Å². The highest BCUT2D eigenvalue weighted by Gasteiger charge is 2.37. The number of rotatable bonds is 4. The number of aromatic nitrogens is 1. The van der Waals surface area contributed by atoms with Crippen molar-refractivity contribution >= 4 is 27.5 Å². The number of amides is 1. The van der Waals surface area contributed by atoms with E-state index in [4.69, 9.17) is 4.74 Å². The van der Waals surface area contributed by atoms with E-state index in [0.717, 1.165) is 4.47 Å². The van der Waals surface area contributed by atoms with E-state index in [-0.39, 0.29) is 18.5 Å². The Morgan fingerprint density at radius 2 is 2.04 bits per heavy atom. The lowest BCUT2D eigenvalue weighted by Crippen LogP contribution is -2.43. The molecule has 1 aliphatic rings. The SMILES string of the molecule is CCC(=O)N(O)CC1=C(n2ccccc2=O)c2cc(Br)ccc2OC1(C)C. The Morgan fingerprint density at radius 3 is 2.70 bits per heavy atom. The molecule has 0 bridgehead atoms. The highest BCUT2D eigenvalue weighted by molar-refractivity contribution is 9.10. The topological polar surface area (TPSA) is 71.8 Å². The van der Waals surface area contributed by atoms with Crippen molar-refractivity contribution in [1.82, 2.24) is 9.63 Å². The molecule has 0 aliphatic carbocycles. The molecule has 1 N–H and O–H groups in total. The van der Waals surface area contributed by atoms with E-state index in [1.165, 1.54) is 10.6 Å². The second-order valence-corrected chi connectivity index (χ2v) is 7.71. The number of carbonyl (C=O) groups excluding carboxylic acids is 1. The molecular weight excluding hydrogens is 412 g/mol. The van der Waals surface area contributed by atoms with Gasteiger partial charge in [-0.15, -0.1) is 0 Å². The maximum absolute atomic E-state index is 12.6. The largest absolute Gasteiger partial charge is 0.483 e. The third kappa shape index (κ3) is 3.70. The molecule has 1 aliphatic heterocycles. The summed E-state index contributed by atoms with van der Waals surface area (Å²) in [6.07, 6.45) is 1.85. The molecule has 0 atom stereocenters. The van der Waals surface area contributed by atoms with Crippen LogP contribution >= 0.6 is 15.9 Å². The van der Waals surface area contributed by atoms with Gasteiger partial charge in [0.05, 0.1) is 12.2 Å². The van der Waals surface area contributed by atoms with Gasteiger partial charge in [0.25, 0.3) is 5.56 Å². The van der Waals surface area contributed by atoms with Crippen molar-refractivity contribution in [3.63, 3.8) is 0 Å². The molecule has 142 valence electrons. The first-order chi connectivity index (χ1) is 12.7. The number of hydroxylamine groups is 2. The van der Waals surface area contributed by atoms with E-state index >= 15 is 0 Å². The third-order valence-corrected chi connectivity index (χ3v) is 5.03. The highest BCUT2D eigenvalue weighted by Crippen LogP contribution is 2.42. The molecule has 0 fully saturated rings. The van der Waals surface area contributed by atoms with Crippen LogP contribution in [-0.4, -0.2) is 32.9 Å². The van der Waals surface area contributed by atoms with Crippen LogP contribution in [0.25, 0.3) is 5.70 Å². The van der Waals surface area contributed by atoms with Crippen LogP contribution in [0.2, 0.25) is 0 Å². The van der Waals surface area contributed by atoms with Crippen LogP contribution in [0.4, 0.5) is 0 Å². The standard InChI is InChI=1S/C20H21BrN2O4/c1-4-17(24)23(26)12-15-19(22-10-6-5-7-18(22)25)14-11-13(21)8-9-16(14)27-20(15,2)3/h5-11,26H,4,12H2,1-3H3. The smallest absolute Gasteiger partial charge is 0.255 e. The lowest BCUT2D eigenvalue weighted by atomic mass is 9.89. The van der Waals surface area contributed by atoms with Gasteiger partial charge in [0.15, 0.2) is 0 Å². The second-order valence-electron chi connectivity index (χ2n) is 6.79. The molecule has 1 aromatic carbocycles. The fourth-order valence-corrected chi connectivity index (χ4v) is 3.49. The normalized spacial score (nSPS) is 15.1. The number of hydrogen-bond acceptors (Lipinski definition) is 4. The molecule has 1 amide bonds. The molecule has 0 saturated carbocycles. The highest BCUT2D eigenvalue weighted by atomic mass is 79.9. The second kappa shape index (κ2) is 7.32. The molecular formula is C20H21BrN2O4. The Labute approximate surface area is 165 Å². The maximum atomic E-state index is 12.6. The van der Waals surface area contributed by atoms with E-state index in [9.17, 15) is 14.8 Å². The summed E-state index contributed by atoms with van der Waals surface area (Å²) in [6.45, 7) is 5.32. The molecule has 3 rings (SSSR count). The van der Waals surface area contributed by atoms with Gasteiger partial charge in [0.2, 0.25) is 5.91 Å². The maximum Gasteiger partial charge on any atom is 0.255 e. The Kier molecular flexibility index (Phi) is 5.26. The summed E-state index contributed by atoms with van der Waals surface area (Å²) < 4.78 is 8.50. The van der Waals surface area contributed by atoms with Crippen molar-refractivity contribution in [2.24, 2.45) is 0 Å². The molecule has 7 heteroatoms. The lowest BCUT2D eigenvalue weighted by Gasteiger charge is -2.38. The number of halogens is 1. The number of pyridine rings is 1. The van der Waals surface area contributed by atoms with Gasteiger partial charge in [-0.3, -0.25) is 19.4 Å². The first-order valence-electron chi connectivity index (χ1n) is 8.64. The predicted octanol–water partition coefficient (Wildman–Crippen LogP) is 3.67. The first-order valence-corrected chi connectivity index (χ1v) is 9.43. The zero-order valence-corrected chi connectivity index (χ0v) is 17.0. The van der Waals surface area contributed by atoms with Crippen LogP contribution in [0.5, 0.6) is 5.75 Å². The van der Waals surface area contributed by atoms with E-state index in [0.29, 0.717) is 27.6 Å². The molecule has 1 aromatic heterocycles. The summed E-state index contributed by atoms with van der Waals surface area (Å²) in [5.74, 6) is 0.224. The molecule has 27 heavy (non-hydrogen) atoms. The third-order valence-electron chi connectivity index (χ3n) is 4.54. The van der Waals surface area contributed by atoms with Gasteiger partial charge in [-0.1, -0.05) is 28.9 Å². The summed E-state index contributed by atoms with van der Waals surface area (Å²) in [6, 6.07) is 10.5. The summed E-state index contributed by atoms with van der Waals surface area (Å²) in [5, 5.41) is 10.9. The Hall–Kier alpha value is -2.38. The van der Waals surface area contributed by atoms with Gasteiger partial charge in [-0.05, 0) is 38.1 Å². The van der Waals surface area contributed by atoms with Crippen molar-refractivity contribution in [3.8, 4) is 5.75 Å². The molecule has 6 nitrogen and oxygen atoms in total. The van der Waals surface area contributed by atoms with E-state index < -0.39 is 11.5 Å². The van der Waals surface area contributed by atoms with Gasteiger partial charge in [0, 0.05) is 34.3 Å². The average Bonchev–Trinajstić information content (AvgIpc) is 2.62. The van der Waals surface area contributed by atoms with Crippen LogP contribution in [0.3, 0.4) is 0 Å². The Morgan fingerprint density at radius 1 is 1.30 bits per heavy atom. The van der Waals surface area contributed by atoms with Crippen molar-refractivity contribution < 1.29 is 14.7 Å². The predicted molar refractivity (Wildman–Crippen MR) is 106 cm³/mol. The molecule has 2 aromatic rings. The zero-order chi connectivity index (χ0) is 19.8. The quantitative estimate of drug-likeness (QED) is 0.590. The fourth-order valence-electron chi connectivity index (χ4n) is 3.13. The van der Waals surface area contributed by atoms with Gasteiger partial charge in [-0.25, -0.2) is 5.06 Å². The number of carbonyl (C=O) groups is 1. The van der Waals surface area contributed by atoms with Gasteiger partial charge in [0.1, 0.15) is 11.4 Å². The van der Waals surface area contributed by atoms with Crippen LogP contribution in [-0.2, 0) is 4.79 Å². The Balaban J connectivity index is 2.31. The molecule has 0 unspecified atom stereocenters. The monoisotopic (exact) mass is 432 g/mol. The number of hydrogen-bond donors (Lipinski definition) is 1. The van der Waals surface area contributed by atoms with Crippen molar-refractivity contribution in [3.05, 3.63) is 68.6 Å². The molecule has 0 spiro atoms. The number of nitrogens with zero attached hydrogens (tertiary/aromatic N) is 2.